The van der Waals surface area contributed by atoms with Crippen molar-refractivity contribution in [3.8, 4) is 0 Å². The van der Waals surface area contributed by atoms with Crippen LogP contribution in [0.5, 0.6) is 0 Å². The van der Waals surface area contributed by atoms with Crippen LogP contribution in [0.25, 0.3) is 0 Å². The Kier molecular flexibility index (Phi) is 5.31. The van der Waals surface area contributed by atoms with Gasteiger partial charge in [-0.25, -0.2) is 4.79 Å². The van der Waals surface area contributed by atoms with Gasteiger partial charge < -0.3 is 14.6 Å². The number of alkyl halides is 3. The summed E-state index contributed by atoms with van der Waals surface area (Å²) in [5.41, 5.74) is 0.0513. The van der Waals surface area contributed by atoms with Crippen molar-refractivity contribution in [3.05, 3.63) is 59.5 Å². The first kappa shape index (κ1) is 16.9. The molecule has 0 unspecified atom stereocenters. The average molecular weight is 326 g/mol. The average Bonchev–Trinajstić information content (AvgIpc) is 2.99. The largest absolute Gasteiger partial charge is 0.467 e. The Bertz CT molecular complexity index is 622. The second-order valence-electron chi connectivity index (χ2n) is 5.11. The first-order chi connectivity index (χ1) is 10.9. The fourth-order valence-corrected chi connectivity index (χ4v) is 2.02. The molecule has 0 aliphatic carbocycles. The molecular formula is C16H17F3N2O2. The Morgan fingerprint density at radius 3 is 2.48 bits per heavy atom. The maximum Gasteiger partial charge on any atom is 0.416 e. The molecule has 1 N–H and O–H groups in total. The zero-order valence-corrected chi connectivity index (χ0v) is 12.6. The van der Waals surface area contributed by atoms with Crippen LogP contribution in [0.15, 0.2) is 47.1 Å². The molecule has 2 rings (SSSR count). The van der Waals surface area contributed by atoms with Crippen molar-refractivity contribution in [2.45, 2.75) is 19.1 Å². The van der Waals surface area contributed by atoms with Crippen molar-refractivity contribution in [2.75, 3.05) is 13.6 Å². The summed E-state index contributed by atoms with van der Waals surface area (Å²) in [6.45, 7) is 0.686. The zero-order valence-electron chi connectivity index (χ0n) is 12.6. The molecule has 23 heavy (non-hydrogen) atoms. The smallest absolute Gasteiger partial charge is 0.416 e. The highest BCUT2D eigenvalue weighted by atomic mass is 19.4. The Morgan fingerprint density at radius 1 is 1.22 bits per heavy atom. The molecule has 0 atom stereocenters. The molecule has 2 aromatic rings. The fraction of sp³-hybridized carbons (Fsp3) is 0.312. The van der Waals surface area contributed by atoms with E-state index >= 15 is 0 Å². The first-order valence-corrected chi connectivity index (χ1v) is 7.04. The lowest BCUT2D eigenvalue weighted by Crippen LogP contribution is -2.37. The minimum absolute atomic E-state index is 0.270. The second-order valence-corrected chi connectivity index (χ2v) is 5.11. The molecule has 7 heteroatoms. The van der Waals surface area contributed by atoms with Crippen molar-refractivity contribution in [1.29, 1.82) is 0 Å². The molecule has 1 aromatic heterocycles. The van der Waals surface area contributed by atoms with Crippen LogP contribution in [-0.4, -0.2) is 24.5 Å². The topological polar surface area (TPSA) is 45.5 Å². The number of rotatable bonds is 5. The van der Waals surface area contributed by atoms with Gasteiger partial charge in [-0.15, -0.1) is 0 Å². The van der Waals surface area contributed by atoms with Crippen molar-refractivity contribution >= 4 is 6.03 Å². The monoisotopic (exact) mass is 326 g/mol. The maximum atomic E-state index is 12.5. The lowest BCUT2D eigenvalue weighted by molar-refractivity contribution is -0.137. The van der Waals surface area contributed by atoms with Crippen molar-refractivity contribution in [3.63, 3.8) is 0 Å². The molecule has 0 aliphatic heterocycles. The number of carbonyl (C=O) groups excluding carboxylic acids is 1. The van der Waals surface area contributed by atoms with E-state index in [1.54, 1.807) is 19.2 Å². The highest BCUT2D eigenvalue weighted by Crippen LogP contribution is 2.29. The van der Waals surface area contributed by atoms with Crippen LogP contribution < -0.4 is 5.32 Å². The molecule has 2 amide bonds. The molecule has 0 saturated carbocycles. The number of carbonyl (C=O) groups is 1. The molecule has 1 aromatic carbocycles. The van der Waals surface area contributed by atoms with Crippen molar-refractivity contribution in [2.24, 2.45) is 0 Å². The normalized spacial score (nSPS) is 11.3. The van der Waals surface area contributed by atoms with Gasteiger partial charge in [-0.2, -0.15) is 13.2 Å². The van der Waals surface area contributed by atoms with Crippen LogP contribution in [-0.2, 0) is 19.1 Å². The number of halogens is 3. The van der Waals surface area contributed by atoms with Crippen LogP contribution >= 0.6 is 0 Å². The SMILES string of the molecule is CN(Cc1ccco1)C(=O)NCCc1ccc(C(F)(F)F)cc1. The Morgan fingerprint density at radius 2 is 1.91 bits per heavy atom. The summed E-state index contributed by atoms with van der Waals surface area (Å²) in [4.78, 5) is 13.3. The van der Waals surface area contributed by atoms with Gasteiger partial charge in [0.05, 0.1) is 18.4 Å². The third-order valence-corrected chi connectivity index (χ3v) is 3.29. The van der Waals surface area contributed by atoms with Crippen molar-refractivity contribution < 1.29 is 22.4 Å². The van der Waals surface area contributed by atoms with Gasteiger partial charge in [-0.1, -0.05) is 12.1 Å². The van der Waals surface area contributed by atoms with E-state index in [2.05, 4.69) is 5.32 Å². The summed E-state index contributed by atoms with van der Waals surface area (Å²) in [5, 5.41) is 2.71. The number of amides is 2. The highest BCUT2D eigenvalue weighted by Gasteiger charge is 2.29. The number of urea groups is 1. The lowest BCUT2D eigenvalue weighted by Gasteiger charge is -2.16. The molecule has 0 bridgehead atoms. The van der Waals surface area contributed by atoms with E-state index in [4.69, 9.17) is 4.42 Å². The summed E-state index contributed by atoms with van der Waals surface area (Å²) in [6, 6.07) is 8.16. The van der Waals surface area contributed by atoms with E-state index in [-0.39, 0.29) is 6.03 Å². The number of nitrogens with one attached hydrogen (secondary N) is 1. The van der Waals surface area contributed by atoms with E-state index in [9.17, 15) is 18.0 Å². The van der Waals surface area contributed by atoms with Crippen LogP contribution in [0.4, 0.5) is 18.0 Å². The lowest BCUT2D eigenvalue weighted by atomic mass is 10.1. The highest BCUT2D eigenvalue weighted by molar-refractivity contribution is 5.73. The zero-order chi connectivity index (χ0) is 16.9. The third kappa shape index (κ3) is 5.05. The van der Waals surface area contributed by atoms with Gasteiger partial charge in [-0.05, 0) is 36.2 Å². The van der Waals surface area contributed by atoms with Gasteiger partial charge in [0, 0.05) is 13.6 Å². The number of benzene rings is 1. The summed E-state index contributed by atoms with van der Waals surface area (Å²) >= 11 is 0. The van der Waals surface area contributed by atoms with E-state index in [0.717, 1.165) is 17.7 Å². The van der Waals surface area contributed by atoms with Crippen molar-refractivity contribution in [1.82, 2.24) is 10.2 Å². The molecular weight excluding hydrogens is 309 g/mol. The van der Waals surface area contributed by atoms with E-state index in [1.807, 2.05) is 0 Å². The van der Waals surface area contributed by atoms with Gasteiger partial charge in [0.1, 0.15) is 5.76 Å². The minimum Gasteiger partial charge on any atom is -0.467 e. The Labute approximate surface area is 131 Å². The third-order valence-electron chi connectivity index (χ3n) is 3.29. The standard InChI is InChI=1S/C16H17F3N2O2/c1-21(11-14-3-2-10-23-14)15(22)20-9-8-12-4-6-13(7-5-12)16(17,18)19/h2-7,10H,8-9,11H2,1H3,(H,20,22). The maximum absolute atomic E-state index is 12.5. The van der Waals surface area contributed by atoms with E-state index in [1.165, 1.54) is 23.3 Å². The second kappa shape index (κ2) is 7.21. The first-order valence-electron chi connectivity index (χ1n) is 7.04. The number of hydrogen-bond donors (Lipinski definition) is 1. The summed E-state index contributed by atoms with van der Waals surface area (Å²) in [6.07, 6.45) is -2.34. The van der Waals surface area contributed by atoms with Crippen LogP contribution in [0.3, 0.4) is 0 Å². The van der Waals surface area contributed by atoms with Gasteiger partial charge in [-0.3, -0.25) is 0 Å². The minimum atomic E-state index is -4.33. The Balaban J connectivity index is 1.77. The molecule has 124 valence electrons. The molecule has 0 radical (unpaired) electrons. The van der Waals surface area contributed by atoms with Gasteiger partial charge in [0.15, 0.2) is 0 Å². The molecule has 4 nitrogen and oxygen atoms in total. The molecule has 1 heterocycles. The van der Waals surface area contributed by atoms with E-state index in [0.29, 0.717) is 25.3 Å². The van der Waals surface area contributed by atoms with Gasteiger partial charge in [0.25, 0.3) is 0 Å². The van der Waals surface area contributed by atoms with Crippen LogP contribution in [0, 0.1) is 0 Å². The predicted molar refractivity (Wildman–Crippen MR) is 78.7 cm³/mol. The molecule has 0 fully saturated rings. The quantitative estimate of drug-likeness (QED) is 0.911. The van der Waals surface area contributed by atoms with E-state index < -0.39 is 11.7 Å². The Hall–Kier alpha value is -2.44. The number of hydrogen-bond acceptors (Lipinski definition) is 2. The summed E-state index contributed by atoms with van der Waals surface area (Å²) in [7, 11) is 1.63. The molecule has 0 aliphatic rings. The number of furan rings is 1. The number of nitrogens with zero attached hydrogens (tertiary/aromatic N) is 1. The molecule has 0 spiro atoms. The van der Waals surface area contributed by atoms with Gasteiger partial charge >= 0.3 is 12.2 Å². The summed E-state index contributed by atoms with van der Waals surface area (Å²) in [5.74, 6) is 0.672. The van der Waals surface area contributed by atoms with Crippen LogP contribution in [0.1, 0.15) is 16.9 Å². The van der Waals surface area contributed by atoms with Gasteiger partial charge in [0.2, 0.25) is 0 Å². The molecule has 0 saturated heterocycles. The van der Waals surface area contributed by atoms with Crippen LogP contribution in [0.2, 0.25) is 0 Å². The fourth-order valence-electron chi connectivity index (χ4n) is 2.02. The predicted octanol–water partition coefficient (Wildman–Crippen LogP) is 3.68. The summed E-state index contributed by atoms with van der Waals surface area (Å²) < 4.78 is 42.5.